The van der Waals surface area contributed by atoms with Crippen LogP contribution in [0, 0.1) is 12.8 Å². The highest BCUT2D eigenvalue weighted by Crippen LogP contribution is 2.36. The van der Waals surface area contributed by atoms with Crippen LogP contribution >= 0.6 is 0 Å². The molecule has 1 fully saturated rings. The summed E-state index contributed by atoms with van der Waals surface area (Å²) in [6.45, 7) is 4.29. The summed E-state index contributed by atoms with van der Waals surface area (Å²) in [6, 6.07) is 6.39. The van der Waals surface area contributed by atoms with Gasteiger partial charge in [0.25, 0.3) is 0 Å². The Kier molecular flexibility index (Phi) is 2.97. The van der Waals surface area contributed by atoms with Crippen molar-refractivity contribution in [3.8, 4) is 11.4 Å². The van der Waals surface area contributed by atoms with E-state index in [9.17, 15) is 0 Å². The molecule has 0 amide bonds. The third-order valence-corrected chi connectivity index (χ3v) is 4.07. The Morgan fingerprint density at radius 2 is 2.16 bits per heavy atom. The molecule has 2 unspecified atom stereocenters. The highest BCUT2D eigenvalue weighted by atomic mass is 15.5. The van der Waals surface area contributed by atoms with Gasteiger partial charge in [-0.2, -0.15) is 0 Å². The standard InChI is InChI=1S/C14H19N5/c1-9-6-7-11(8-9)19-14(16-17-18-19)12-5-3-4-10(2)13(12)15/h3-5,9,11H,6-8,15H2,1-2H3. The third-order valence-electron chi connectivity index (χ3n) is 4.07. The molecule has 0 radical (unpaired) electrons. The van der Waals surface area contributed by atoms with Gasteiger partial charge in [-0.1, -0.05) is 19.1 Å². The van der Waals surface area contributed by atoms with E-state index >= 15 is 0 Å². The maximum absolute atomic E-state index is 6.16. The number of aryl methyl sites for hydroxylation is 1. The summed E-state index contributed by atoms with van der Waals surface area (Å²) in [6.07, 6.45) is 3.53. The van der Waals surface area contributed by atoms with Crippen molar-refractivity contribution in [2.75, 3.05) is 5.73 Å². The number of nitrogens with two attached hydrogens (primary N) is 1. The monoisotopic (exact) mass is 257 g/mol. The Morgan fingerprint density at radius 1 is 1.32 bits per heavy atom. The van der Waals surface area contributed by atoms with Crippen LogP contribution in [0.4, 0.5) is 5.69 Å². The summed E-state index contributed by atoms with van der Waals surface area (Å²) >= 11 is 0. The van der Waals surface area contributed by atoms with Crippen LogP contribution in [0.25, 0.3) is 11.4 Å². The van der Waals surface area contributed by atoms with E-state index in [2.05, 4.69) is 22.4 Å². The number of anilines is 1. The Morgan fingerprint density at radius 3 is 2.89 bits per heavy atom. The minimum atomic E-state index is 0.403. The van der Waals surface area contributed by atoms with Crippen LogP contribution in [0.2, 0.25) is 0 Å². The van der Waals surface area contributed by atoms with Crippen molar-refractivity contribution in [1.29, 1.82) is 0 Å². The molecule has 100 valence electrons. The number of benzene rings is 1. The Labute approximate surface area is 112 Å². The highest BCUT2D eigenvalue weighted by molar-refractivity contribution is 5.74. The van der Waals surface area contributed by atoms with Crippen LogP contribution in [0.3, 0.4) is 0 Å². The lowest BCUT2D eigenvalue weighted by Crippen LogP contribution is -2.10. The van der Waals surface area contributed by atoms with Gasteiger partial charge in [0, 0.05) is 11.3 Å². The fourth-order valence-corrected chi connectivity index (χ4v) is 2.89. The molecule has 19 heavy (non-hydrogen) atoms. The normalized spacial score (nSPS) is 22.8. The number of hydrogen-bond acceptors (Lipinski definition) is 4. The molecule has 1 aromatic heterocycles. The van der Waals surface area contributed by atoms with Gasteiger partial charge in [0.2, 0.25) is 0 Å². The lowest BCUT2D eigenvalue weighted by molar-refractivity contribution is 0.443. The fourth-order valence-electron chi connectivity index (χ4n) is 2.89. The molecule has 1 aliphatic carbocycles. The second-order valence-electron chi connectivity index (χ2n) is 5.56. The van der Waals surface area contributed by atoms with Gasteiger partial charge in [-0.25, -0.2) is 4.68 Å². The smallest absolute Gasteiger partial charge is 0.184 e. The summed E-state index contributed by atoms with van der Waals surface area (Å²) in [5.74, 6) is 1.54. The van der Waals surface area contributed by atoms with E-state index in [1.54, 1.807) is 0 Å². The summed E-state index contributed by atoms with van der Waals surface area (Å²) < 4.78 is 1.95. The van der Waals surface area contributed by atoms with Crippen LogP contribution < -0.4 is 5.73 Å². The van der Waals surface area contributed by atoms with Crippen molar-refractivity contribution in [2.24, 2.45) is 5.92 Å². The first-order chi connectivity index (χ1) is 9.16. The van der Waals surface area contributed by atoms with Crippen molar-refractivity contribution in [3.63, 3.8) is 0 Å². The molecular formula is C14H19N5. The van der Waals surface area contributed by atoms with E-state index in [0.717, 1.165) is 41.4 Å². The molecule has 1 aliphatic rings. The van der Waals surface area contributed by atoms with Crippen LogP contribution in [0.15, 0.2) is 18.2 Å². The molecule has 0 bridgehead atoms. The Bertz CT molecular complexity index is 589. The topological polar surface area (TPSA) is 69.6 Å². The molecule has 2 atom stereocenters. The van der Waals surface area contributed by atoms with Gasteiger partial charge >= 0.3 is 0 Å². The first-order valence-corrected chi connectivity index (χ1v) is 6.80. The number of rotatable bonds is 2. The van der Waals surface area contributed by atoms with Gasteiger partial charge in [0.15, 0.2) is 5.82 Å². The zero-order chi connectivity index (χ0) is 13.4. The third kappa shape index (κ3) is 2.09. The average Bonchev–Trinajstić information content (AvgIpc) is 3.01. The van der Waals surface area contributed by atoms with Gasteiger partial charge in [0.05, 0.1) is 6.04 Å². The molecule has 3 rings (SSSR count). The molecule has 1 heterocycles. The minimum Gasteiger partial charge on any atom is -0.398 e. The summed E-state index contributed by atoms with van der Waals surface area (Å²) in [5.41, 5.74) is 8.92. The lowest BCUT2D eigenvalue weighted by Gasteiger charge is -2.13. The zero-order valence-corrected chi connectivity index (χ0v) is 11.4. The van der Waals surface area contributed by atoms with Gasteiger partial charge < -0.3 is 5.73 Å². The molecule has 2 aromatic rings. The van der Waals surface area contributed by atoms with Crippen LogP contribution in [0.1, 0.15) is 37.8 Å². The molecule has 0 saturated heterocycles. The van der Waals surface area contributed by atoms with E-state index in [1.165, 1.54) is 6.42 Å². The van der Waals surface area contributed by atoms with E-state index in [1.807, 2.05) is 29.8 Å². The number of aromatic nitrogens is 4. The van der Waals surface area contributed by atoms with E-state index in [0.29, 0.717) is 6.04 Å². The predicted molar refractivity (Wildman–Crippen MR) is 74.5 cm³/mol. The van der Waals surface area contributed by atoms with Crippen LogP contribution in [-0.4, -0.2) is 20.2 Å². The number of tetrazole rings is 1. The molecule has 1 aromatic carbocycles. The Balaban J connectivity index is 2.02. The quantitative estimate of drug-likeness (QED) is 0.839. The lowest BCUT2D eigenvalue weighted by atomic mass is 10.1. The van der Waals surface area contributed by atoms with Gasteiger partial charge in [0.1, 0.15) is 0 Å². The summed E-state index contributed by atoms with van der Waals surface area (Å²) in [7, 11) is 0. The number of hydrogen-bond donors (Lipinski definition) is 1. The SMILES string of the molecule is Cc1cccc(-c2nnnn2C2CCC(C)C2)c1N. The predicted octanol–water partition coefficient (Wildman–Crippen LogP) is 2.59. The second-order valence-corrected chi connectivity index (χ2v) is 5.56. The Hall–Kier alpha value is -1.91. The molecule has 0 spiro atoms. The largest absolute Gasteiger partial charge is 0.398 e. The average molecular weight is 257 g/mol. The van der Waals surface area contributed by atoms with Crippen molar-refractivity contribution in [2.45, 2.75) is 39.2 Å². The van der Waals surface area contributed by atoms with Crippen molar-refractivity contribution < 1.29 is 0 Å². The van der Waals surface area contributed by atoms with Gasteiger partial charge in [-0.05, 0) is 54.2 Å². The number of nitrogen functional groups attached to an aromatic ring is 1. The first-order valence-electron chi connectivity index (χ1n) is 6.80. The second kappa shape index (κ2) is 4.64. The number of nitrogens with zero attached hydrogens (tertiary/aromatic N) is 4. The van der Waals surface area contributed by atoms with Crippen LogP contribution in [-0.2, 0) is 0 Å². The zero-order valence-electron chi connectivity index (χ0n) is 11.4. The van der Waals surface area contributed by atoms with Crippen molar-refractivity contribution in [3.05, 3.63) is 23.8 Å². The van der Waals surface area contributed by atoms with Crippen molar-refractivity contribution >= 4 is 5.69 Å². The first kappa shape index (κ1) is 12.1. The maximum atomic E-state index is 6.16. The van der Waals surface area contributed by atoms with Gasteiger partial charge in [-0.3, -0.25) is 0 Å². The molecule has 5 nitrogen and oxygen atoms in total. The van der Waals surface area contributed by atoms with E-state index in [-0.39, 0.29) is 0 Å². The van der Waals surface area contributed by atoms with E-state index in [4.69, 9.17) is 5.73 Å². The summed E-state index contributed by atoms with van der Waals surface area (Å²) in [5, 5.41) is 12.2. The molecular weight excluding hydrogens is 238 g/mol. The maximum Gasteiger partial charge on any atom is 0.184 e. The molecule has 5 heteroatoms. The number of para-hydroxylation sites is 1. The van der Waals surface area contributed by atoms with Crippen LogP contribution in [0.5, 0.6) is 0 Å². The minimum absolute atomic E-state index is 0.403. The van der Waals surface area contributed by atoms with E-state index < -0.39 is 0 Å². The fraction of sp³-hybridized carbons (Fsp3) is 0.500. The molecule has 2 N–H and O–H groups in total. The highest BCUT2D eigenvalue weighted by Gasteiger charge is 2.27. The molecule has 0 aliphatic heterocycles. The molecule has 1 saturated carbocycles. The van der Waals surface area contributed by atoms with Crippen molar-refractivity contribution in [1.82, 2.24) is 20.2 Å². The van der Waals surface area contributed by atoms with Gasteiger partial charge in [-0.15, -0.1) is 5.10 Å². The summed E-state index contributed by atoms with van der Waals surface area (Å²) in [4.78, 5) is 0.